The van der Waals surface area contributed by atoms with Gasteiger partial charge in [0.15, 0.2) is 11.2 Å². The van der Waals surface area contributed by atoms with Gasteiger partial charge in [-0.2, -0.15) is 0 Å². The third-order valence-corrected chi connectivity index (χ3v) is 3.99. The van der Waals surface area contributed by atoms with Crippen LogP contribution in [-0.2, 0) is 14.8 Å². The molecule has 140 valence electrons. The first-order valence-corrected chi connectivity index (χ1v) is 9.70. The number of fused-ring (bicyclic) bond motifs is 1. The molecule has 0 aliphatic heterocycles. The summed E-state index contributed by atoms with van der Waals surface area (Å²) in [4.78, 5) is 23.6. The monoisotopic (exact) mass is 388 g/mol. The van der Waals surface area contributed by atoms with E-state index in [0.717, 1.165) is 12.3 Å². The Labute approximate surface area is 154 Å². The van der Waals surface area contributed by atoms with E-state index >= 15 is 0 Å². The first-order chi connectivity index (χ1) is 12.7. The Morgan fingerprint density at radius 1 is 1.11 bits per heavy atom. The second-order valence-electron chi connectivity index (χ2n) is 5.79. The number of rotatable bonds is 5. The number of ether oxygens (including phenoxy) is 1. The smallest absolute Gasteiger partial charge is 0.229 e. The number of anilines is 2. The number of sulfonamides is 1. The lowest BCUT2D eigenvalue weighted by Crippen LogP contribution is -2.12. The zero-order valence-corrected chi connectivity index (χ0v) is 15.3. The fraction of sp³-hybridized carbons (Fsp3) is 0.111. The lowest BCUT2D eigenvalue weighted by molar-refractivity contribution is -0.114. The molecular weight excluding hydrogens is 372 g/mol. The number of amides is 1. The zero-order chi connectivity index (χ0) is 19.6. The highest BCUT2D eigenvalue weighted by molar-refractivity contribution is 7.92. The molecule has 3 aromatic rings. The SMILES string of the molecule is CC(=O)Nc1cc(=O)c2cc(Oc3ccccc3)c(NS(C)(=O)=O)cc2o1. The van der Waals surface area contributed by atoms with Crippen molar-refractivity contribution in [2.45, 2.75) is 6.92 Å². The van der Waals surface area contributed by atoms with Crippen molar-refractivity contribution in [2.24, 2.45) is 0 Å². The summed E-state index contributed by atoms with van der Waals surface area (Å²) < 4.78 is 37.0. The fourth-order valence-electron chi connectivity index (χ4n) is 2.40. The molecule has 0 fully saturated rings. The average molecular weight is 388 g/mol. The predicted molar refractivity (Wildman–Crippen MR) is 102 cm³/mol. The van der Waals surface area contributed by atoms with Gasteiger partial charge < -0.3 is 9.15 Å². The lowest BCUT2D eigenvalue weighted by atomic mass is 10.2. The number of carbonyl (C=O) groups excluding carboxylic acids is 1. The molecule has 2 aromatic carbocycles. The first kappa shape index (κ1) is 18.5. The third-order valence-electron chi connectivity index (χ3n) is 3.39. The van der Waals surface area contributed by atoms with Crippen molar-refractivity contribution < 1.29 is 22.4 Å². The van der Waals surface area contributed by atoms with Gasteiger partial charge in [0.05, 0.1) is 17.3 Å². The molecule has 9 heteroatoms. The van der Waals surface area contributed by atoms with Gasteiger partial charge in [-0.1, -0.05) is 18.2 Å². The molecule has 0 spiro atoms. The molecule has 2 N–H and O–H groups in total. The number of benzene rings is 2. The van der Waals surface area contributed by atoms with Crippen LogP contribution in [0, 0.1) is 0 Å². The normalized spacial score (nSPS) is 11.2. The topological polar surface area (TPSA) is 115 Å². The number of nitrogens with one attached hydrogen (secondary N) is 2. The summed E-state index contributed by atoms with van der Waals surface area (Å²) in [7, 11) is -3.62. The Bertz CT molecular complexity index is 1170. The van der Waals surface area contributed by atoms with Gasteiger partial charge in [0.25, 0.3) is 0 Å². The Morgan fingerprint density at radius 2 is 1.81 bits per heavy atom. The molecule has 0 radical (unpaired) electrons. The molecule has 1 amide bonds. The standard InChI is InChI=1S/C18H16N2O6S/c1-11(21)19-18-10-15(22)13-8-17(25-12-6-4-3-5-7-12)14(9-16(13)26-18)20-27(2,23)24/h3-10,20H,1-2H3,(H,19,21). The second-order valence-corrected chi connectivity index (χ2v) is 7.54. The van der Waals surface area contributed by atoms with Crippen molar-refractivity contribution >= 4 is 38.5 Å². The van der Waals surface area contributed by atoms with Crippen LogP contribution in [0.5, 0.6) is 11.5 Å². The van der Waals surface area contributed by atoms with E-state index in [9.17, 15) is 18.0 Å². The van der Waals surface area contributed by atoms with Crippen molar-refractivity contribution in [2.75, 3.05) is 16.3 Å². The summed E-state index contributed by atoms with van der Waals surface area (Å²) in [6.45, 7) is 1.28. The van der Waals surface area contributed by atoms with Crippen LogP contribution in [0.2, 0.25) is 0 Å². The van der Waals surface area contributed by atoms with Gasteiger partial charge in [-0.15, -0.1) is 0 Å². The van der Waals surface area contributed by atoms with Crippen molar-refractivity contribution in [3.8, 4) is 11.5 Å². The molecule has 0 unspecified atom stereocenters. The van der Waals surface area contributed by atoms with E-state index in [2.05, 4.69) is 10.0 Å². The van der Waals surface area contributed by atoms with Crippen LogP contribution in [0.4, 0.5) is 11.6 Å². The maximum Gasteiger partial charge on any atom is 0.229 e. The Morgan fingerprint density at radius 3 is 2.44 bits per heavy atom. The molecule has 1 aromatic heterocycles. The molecule has 1 heterocycles. The van der Waals surface area contributed by atoms with Gasteiger partial charge >= 0.3 is 0 Å². The minimum absolute atomic E-state index is 0.0398. The fourth-order valence-corrected chi connectivity index (χ4v) is 2.96. The van der Waals surface area contributed by atoms with E-state index in [1.807, 2.05) is 0 Å². The maximum absolute atomic E-state index is 12.4. The van der Waals surface area contributed by atoms with Crippen LogP contribution in [0.1, 0.15) is 6.92 Å². The van der Waals surface area contributed by atoms with Crippen LogP contribution in [0.15, 0.2) is 57.7 Å². The Balaban J connectivity index is 2.17. The maximum atomic E-state index is 12.4. The van der Waals surface area contributed by atoms with Crippen LogP contribution < -0.4 is 20.2 Å². The first-order valence-electron chi connectivity index (χ1n) is 7.81. The molecule has 27 heavy (non-hydrogen) atoms. The van der Waals surface area contributed by atoms with Crippen LogP contribution in [0.3, 0.4) is 0 Å². The number of para-hydroxylation sites is 1. The predicted octanol–water partition coefficient (Wildman–Crippen LogP) is 2.92. The zero-order valence-electron chi connectivity index (χ0n) is 14.5. The van der Waals surface area contributed by atoms with E-state index in [0.29, 0.717) is 5.75 Å². The molecule has 8 nitrogen and oxygen atoms in total. The van der Waals surface area contributed by atoms with Crippen molar-refractivity contribution in [3.63, 3.8) is 0 Å². The summed E-state index contributed by atoms with van der Waals surface area (Å²) in [5, 5.41) is 2.56. The summed E-state index contributed by atoms with van der Waals surface area (Å²) in [5.74, 6) is 0.157. The quantitative estimate of drug-likeness (QED) is 0.694. The van der Waals surface area contributed by atoms with Crippen LogP contribution in [0.25, 0.3) is 11.0 Å². The highest BCUT2D eigenvalue weighted by atomic mass is 32.2. The van der Waals surface area contributed by atoms with Crippen LogP contribution in [-0.4, -0.2) is 20.6 Å². The van der Waals surface area contributed by atoms with Gasteiger partial charge in [0, 0.05) is 19.1 Å². The minimum Gasteiger partial charge on any atom is -0.455 e. The Hall–Kier alpha value is -3.33. The van der Waals surface area contributed by atoms with Gasteiger partial charge in [-0.05, 0) is 18.2 Å². The lowest BCUT2D eigenvalue weighted by Gasteiger charge is -2.13. The van der Waals surface area contributed by atoms with Gasteiger partial charge in [0.2, 0.25) is 21.8 Å². The molecule has 0 bridgehead atoms. The summed E-state index contributed by atoms with van der Waals surface area (Å²) >= 11 is 0. The largest absolute Gasteiger partial charge is 0.455 e. The molecule has 0 aliphatic rings. The molecule has 3 rings (SSSR count). The highest BCUT2D eigenvalue weighted by Gasteiger charge is 2.15. The molecular formula is C18H16N2O6S. The van der Waals surface area contributed by atoms with E-state index < -0.39 is 21.4 Å². The molecule has 0 atom stereocenters. The van der Waals surface area contributed by atoms with E-state index in [1.54, 1.807) is 30.3 Å². The molecule has 0 saturated carbocycles. The molecule has 0 aliphatic carbocycles. The van der Waals surface area contributed by atoms with Gasteiger partial charge in [-0.3, -0.25) is 19.6 Å². The van der Waals surface area contributed by atoms with E-state index in [4.69, 9.17) is 9.15 Å². The van der Waals surface area contributed by atoms with Crippen LogP contribution >= 0.6 is 0 Å². The van der Waals surface area contributed by atoms with Crippen molar-refractivity contribution in [1.82, 2.24) is 0 Å². The van der Waals surface area contributed by atoms with Crippen molar-refractivity contribution in [3.05, 3.63) is 58.8 Å². The Kier molecular flexibility index (Phi) is 4.87. The third kappa shape index (κ3) is 4.64. The van der Waals surface area contributed by atoms with Gasteiger partial charge in [0.1, 0.15) is 11.3 Å². The number of hydrogen-bond acceptors (Lipinski definition) is 6. The van der Waals surface area contributed by atoms with Crippen molar-refractivity contribution in [1.29, 1.82) is 0 Å². The van der Waals surface area contributed by atoms with E-state index in [-0.39, 0.29) is 28.3 Å². The molecule has 0 saturated heterocycles. The van der Waals surface area contributed by atoms with E-state index in [1.165, 1.54) is 19.1 Å². The second kappa shape index (κ2) is 7.12. The van der Waals surface area contributed by atoms with Gasteiger partial charge in [-0.25, -0.2) is 8.42 Å². The average Bonchev–Trinajstić information content (AvgIpc) is 2.55. The minimum atomic E-state index is -3.62. The summed E-state index contributed by atoms with van der Waals surface area (Å²) in [5.41, 5.74) is -0.224. The summed E-state index contributed by atoms with van der Waals surface area (Å²) in [6.07, 6.45) is 0.993. The number of carbonyl (C=O) groups is 1. The highest BCUT2D eigenvalue weighted by Crippen LogP contribution is 2.34. The number of hydrogen-bond donors (Lipinski definition) is 2. The summed E-state index contributed by atoms with van der Waals surface area (Å²) in [6, 6.07) is 12.6.